The molecule has 0 amide bonds. The van der Waals surface area contributed by atoms with Gasteiger partial charge >= 0.3 is 0 Å². The van der Waals surface area contributed by atoms with Gasteiger partial charge < -0.3 is 5.11 Å². The monoisotopic (exact) mass is 326 g/mol. The van der Waals surface area contributed by atoms with E-state index in [-0.39, 0.29) is 4.32 Å². The van der Waals surface area contributed by atoms with Gasteiger partial charge in [-0.05, 0) is 30.5 Å². The molecular formula is C18H15BrO. The number of aliphatic hydroxyl groups is 1. The van der Waals surface area contributed by atoms with Crippen LogP contribution < -0.4 is 0 Å². The molecule has 0 radical (unpaired) electrons. The van der Waals surface area contributed by atoms with E-state index in [2.05, 4.69) is 27.8 Å². The molecule has 1 atom stereocenters. The van der Waals surface area contributed by atoms with E-state index in [0.717, 1.165) is 24.0 Å². The fraction of sp³-hybridized carbons (Fsp3) is 0.222. The van der Waals surface area contributed by atoms with Crippen molar-refractivity contribution in [1.82, 2.24) is 0 Å². The third-order valence-electron chi connectivity index (χ3n) is 3.69. The van der Waals surface area contributed by atoms with Crippen LogP contribution in [-0.2, 0) is 5.60 Å². The number of hydrogen-bond donors (Lipinski definition) is 1. The topological polar surface area (TPSA) is 20.2 Å². The molecule has 1 aliphatic rings. The summed E-state index contributed by atoms with van der Waals surface area (Å²) in [6.07, 6.45) is 1.86. The van der Waals surface area contributed by atoms with Crippen molar-refractivity contribution in [3.63, 3.8) is 0 Å². The highest BCUT2D eigenvalue weighted by Crippen LogP contribution is 2.56. The van der Waals surface area contributed by atoms with E-state index in [9.17, 15) is 5.11 Å². The Balaban J connectivity index is 2.03. The van der Waals surface area contributed by atoms with Crippen molar-refractivity contribution < 1.29 is 5.11 Å². The zero-order chi connectivity index (χ0) is 14.1. The summed E-state index contributed by atoms with van der Waals surface area (Å²) in [5.41, 5.74) is 0.612. The summed E-state index contributed by atoms with van der Waals surface area (Å²) in [5, 5.41) is 11.1. The fourth-order valence-electron chi connectivity index (χ4n) is 2.28. The number of hydrogen-bond acceptors (Lipinski definition) is 1. The summed E-state index contributed by atoms with van der Waals surface area (Å²) in [6, 6.07) is 19.4. The minimum absolute atomic E-state index is 0.316. The summed E-state index contributed by atoms with van der Waals surface area (Å²) < 4.78 is -0.316. The molecule has 0 heterocycles. The van der Waals surface area contributed by atoms with E-state index >= 15 is 0 Å². The predicted octanol–water partition coefficient (Wildman–Crippen LogP) is 3.85. The summed E-state index contributed by atoms with van der Waals surface area (Å²) in [6.45, 7) is 0. The van der Waals surface area contributed by atoms with Crippen molar-refractivity contribution in [2.75, 3.05) is 0 Å². The van der Waals surface area contributed by atoms with Crippen LogP contribution >= 0.6 is 15.9 Å². The highest BCUT2D eigenvalue weighted by Gasteiger charge is 2.57. The normalized spacial score (nSPS) is 18.5. The largest absolute Gasteiger partial charge is 0.372 e. The summed E-state index contributed by atoms with van der Waals surface area (Å²) in [7, 11) is 0. The zero-order valence-corrected chi connectivity index (χ0v) is 12.6. The van der Waals surface area contributed by atoms with Crippen molar-refractivity contribution >= 4 is 15.9 Å². The molecule has 1 unspecified atom stereocenters. The standard InChI is InChI=1S/C18H15BrO/c19-17(13-14-17)18(20,16-9-5-2-6-10-16)12-11-15-7-3-1-4-8-15/h1-10,20H,13-14H2. The van der Waals surface area contributed by atoms with Crippen LogP contribution in [0.3, 0.4) is 0 Å². The Hall–Kier alpha value is -1.56. The van der Waals surface area contributed by atoms with Gasteiger partial charge in [-0.25, -0.2) is 0 Å². The van der Waals surface area contributed by atoms with Crippen LogP contribution in [0.15, 0.2) is 60.7 Å². The van der Waals surface area contributed by atoms with Crippen molar-refractivity contribution in [2.45, 2.75) is 22.8 Å². The minimum Gasteiger partial charge on any atom is -0.372 e. The first-order valence-electron chi connectivity index (χ1n) is 6.69. The molecule has 1 nitrogen and oxygen atoms in total. The molecule has 1 aliphatic carbocycles. The lowest BCUT2D eigenvalue weighted by Crippen LogP contribution is -2.36. The second kappa shape index (κ2) is 5.09. The number of halogens is 1. The Morgan fingerprint density at radius 2 is 1.50 bits per heavy atom. The van der Waals surface area contributed by atoms with Gasteiger partial charge in [-0.2, -0.15) is 0 Å². The molecule has 0 aliphatic heterocycles. The molecule has 0 saturated heterocycles. The number of rotatable bonds is 2. The van der Waals surface area contributed by atoms with Gasteiger partial charge in [0.15, 0.2) is 5.60 Å². The summed E-state index contributed by atoms with van der Waals surface area (Å²) in [5.74, 6) is 6.19. The van der Waals surface area contributed by atoms with Gasteiger partial charge in [-0.3, -0.25) is 0 Å². The molecule has 1 fully saturated rings. The lowest BCUT2D eigenvalue weighted by atomic mass is 9.89. The Morgan fingerprint density at radius 3 is 2.05 bits per heavy atom. The zero-order valence-electron chi connectivity index (χ0n) is 11.0. The lowest BCUT2D eigenvalue weighted by molar-refractivity contribution is 0.0916. The van der Waals surface area contributed by atoms with Crippen LogP contribution in [-0.4, -0.2) is 9.43 Å². The quantitative estimate of drug-likeness (QED) is 0.656. The maximum absolute atomic E-state index is 11.1. The second-order valence-corrected chi connectivity index (χ2v) is 6.68. The van der Waals surface area contributed by atoms with E-state index in [1.165, 1.54) is 0 Å². The molecule has 0 bridgehead atoms. The van der Waals surface area contributed by atoms with Crippen molar-refractivity contribution in [3.05, 3.63) is 71.8 Å². The van der Waals surface area contributed by atoms with Crippen LogP contribution in [0.2, 0.25) is 0 Å². The van der Waals surface area contributed by atoms with Gasteiger partial charge in [0.1, 0.15) is 0 Å². The second-order valence-electron chi connectivity index (χ2n) is 5.16. The van der Waals surface area contributed by atoms with E-state index in [1.807, 2.05) is 60.7 Å². The summed E-state index contributed by atoms with van der Waals surface area (Å²) >= 11 is 3.67. The molecule has 100 valence electrons. The molecule has 1 N–H and O–H groups in total. The molecule has 3 rings (SSSR count). The van der Waals surface area contributed by atoms with Gasteiger partial charge in [0.2, 0.25) is 0 Å². The maximum Gasteiger partial charge on any atom is 0.166 e. The molecule has 0 aromatic heterocycles. The van der Waals surface area contributed by atoms with Crippen LogP contribution in [0.4, 0.5) is 0 Å². The number of alkyl halides is 1. The van der Waals surface area contributed by atoms with Crippen LogP contribution in [0.25, 0.3) is 0 Å². The third-order valence-corrected chi connectivity index (χ3v) is 5.06. The fourth-order valence-corrected chi connectivity index (χ4v) is 2.80. The molecule has 1 saturated carbocycles. The van der Waals surface area contributed by atoms with Crippen LogP contribution in [0.5, 0.6) is 0 Å². The molecule has 20 heavy (non-hydrogen) atoms. The van der Waals surface area contributed by atoms with Crippen LogP contribution in [0, 0.1) is 11.8 Å². The molecule has 2 aromatic rings. The Kier molecular flexibility index (Phi) is 3.41. The first kappa shape index (κ1) is 13.4. The predicted molar refractivity (Wildman–Crippen MR) is 84.6 cm³/mol. The Bertz CT molecular complexity index is 650. The van der Waals surface area contributed by atoms with E-state index in [1.54, 1.807) is 0 Å². The lowest BCUT2D eigenvalue weighted by Gasteiger charge is -2.28. The molecular weight excluding hydrogens is 312 g/mol. The SMILES string of the molecule is OC(C#Cc1ccccc1)(c1ccccc1)C1(Br)CC1. The highest BCUT2D eigenvalue weighted by atomic mass is 79.9. The first-order chi connectivity index (χ1) is 9.64. The Labute approximate surface area is 127 Å². The molecule has 2 heteroatoms. The van der Waals surface area contributed by atoms with Gasteiger partial charge in [-0.15, -0.1) is 0 Å². The van der Waals surface area contributed by atoms with Gasteiger partial charge in [0, 0.05) is 5.56 Å². The van der Waals surface area contributed by atoms with Crippen molar-refractivity contribution in [2.24, 2.45) is 0 Å². The van der Waals surface area contributed by atoms with Gasteiger partial charge in [0.05, 0.1) is 4.32 Å². The minimum atomic E-state index is -1.15. The number of benzene rings is 2. The first-order valence-corrected chi connectivity index (χ1v) is 7.48. The molecule has 2 aromatic carbocycles. The average Bonchev–Trinajstić information content (AvgIpc) is 3.26. The van der Waals surface area contributed by atoms with Gasteiger partial charge in [-0.1, -0.05) is 76.3 Å². The maximum atomic E-state index is 11.1. The smallest absolute Gasteiger partial charge is 0.166 e. The van der Waals surface area contributed by atoms with E-state index in [4.69, 9.17) is 0 Å². The van der Waals surface area contributed by atoms with Gasteiger partial charge in [0.25, 0.3) is 0 Å². The van der Waals surface area contributed by atoms with Crippen molar-refractivity contribution in [1.29, 1.82) is 0 Å². The summed E-state index contributed by atoms with van der Waals surface area (Å²) in [4.78, 5) is 0. The van der Waals surface area contributed by atoms with Crippen LogP contribution in [0.1, 0.15) is 24.0 Å². The van der Waals surface area contributed by atoms with E-state index in [0.29, 0.717) is 0 Å². The average molecular weight is 327 g/mol. The van der Waals surface area contributed by atoms with Crippen molar-refractivity contribution in [3.8, 4) is 11.8 Å². The highest BCUT2D eigenvalue weighted by molar-refractivity contribution is 9.10. The third kappa shape index (κ3) is 2.40. The van der Waals surface area contributed by atoms with E-state index < -0.39 is 5.60 Å². The Morgan fingerprint density at radius 1 is 0.950 bits per heavy atom. The molecule has 0 spiro atoms.